The minimum Gasteiger partial charge on any atom is -0.465 e. The third kappa shape index (κ3) is 1.43. The van der Waals surface area contributed by atoms with Crippen molar-refractivity contribution < 1.29 is 9.53 Å². The number of hydrogen-bond acceptors (Lipinski definition) is 4. The lowest BCUT2D eigenvalue weighted by molar-refractivity contribution is 0.0606. The van der Waals surface area contributed by atoms with Crippen molar-refractivity contribution in [2.45, 2.75) is 18.8 Å². The smallest absolute Gasteiger partial charge is 0.349 e. The van der Waals surface area contributed by atoms with E-state index in [1.807, 2.05) is 10.6 Å². The predicted molar refractivity (Wildman–Crippen MR) is 56.4 cm³/mol. The van der Waals surface area contributed by atoms with Crippen LogP contribution in [0, 0.1) is 0 Å². The van der Waals surface area contributed by atoms with Crippen LogP contribution in [0.3, 0.4) is 0 Å². The molecule has 0 bridgehead atoms. The van der Waals surface area contributed by atoms with Gasteiger partial charge in [0.1, 0.15) is 4.88 Å². The maximum Gasteiger partial charge on any atom is 0.349 e. The lowest BCUT2D eigenvalue weighted by Gasteiger charge is -1.91. The molecule has 4 nitrogen and oxygen atoms in total. The lowest BCUT2D eigenvalue weighted by Crippen LogP contribution is -1.97. The van der Waals surface area contributed by atoms with E-state index in [0.717, 1.165) is 10.7 Å². The van der Waals surface area contributed by atoms with Crippen LogP contribution in [0.15, 0.2) is 12.4 Å². The van der Waals surface area contributed by atoms with Crippen molar-refractivity contribution in [2.75, 3.05) is 7.11 Å². The highest BCUT2D eigenvalue weighted by Gasteiger charge is 2.26. The molecule has 1 fully saturated rings. The zero-order chi connectivity index (χ0) is 10.4. The third-order valence-electron chi connectivity index (χ3n) is 2.56. The molecule has 0 radical (unpaired) electrons. The molecule has 2 heterocycles. The Morgan fingerprint density at radius 3 is 3.00 bits per heavy atom. The van der Waals surface area contributed by atoms with Crippen molar-refractivity contribution in [3.63, 3.8) is 0 Å². The number of rotatable bonds is 2. The molecule has 5 heteroatoms. The number of methoxy groups -OCH3 is 1. The molecule has 0 spiro atoms. The number of fused-ring (bicyclic) bond motifs is 1. The van der Waals surface area contributed by atoms with Crippen LogP contribution in [0.1, 0.15) is 34.1 Å². The quantitative estimate of drug-likeness (QED) is 0.730. The molecular formula is C10H10N2O2S. The first-order valence-electron chi connectivity index (χ1n) is 4.84. The van der Waals surface area contributed by atoms with E-state index >= 15 is 0 Å². The average molecular weight is 222 g/mol. The second-order valence-corrected chi connectivity index (χ2v) is 4.73. The zero-order valence-corrected chi connectivity index (χ0v) is 9.08. The SMILES string of the molecule is COC(=O)c1cn2cc(C3CC3)nc2s1. The number of hydrogen-bond donors (Lipinski definition) is 0. The van der Waals surface area contributed by atoms with Gasteiger partial charge in [-0.05, 0) is 12.8 Å². The van der Waals surface area contributed by atoms with Crippen LogP contribution in [-0.4, -0.2) is 22.5 Å². The first-order chi connectivity index (χ1) is 7.28. The number of carbonyl (C=O) groups is 1. The summed E-state index contributed by atoms with van der Waals surface area (Å²) in [5.41, 5.74) is 1.15. The maximum absolute atomic E-state index is 11.3. The highest BCUT2D eigenvalue weighted by atomic mass is 32.1. The van der Waals surface area contributed by atoms with Crippen molar-refractivity contribution in [3.8, 4) is 0 Å². The van der Waals surface area contributed by atoms with Crippen LogP contribution in [-0.2, 0) is 4.74 Å². The normalized spacial score (nSPS) is 15.8. The highest BCUT2D eigenvalue weighted by molar-refractivity contribution is 7.18. The van der Waals surface area contributed by atoms with Crippen LogP contribution in [0.2, 0.25) is 0 Å². The minimum absolute atomic E-state index is 0.293. The van der Waals surface area contributed by atoms with Gasteiger partial charge in [-0.3, -0.25) is 4.40 Å². The fraction of sp³-hybridized carbons (Fsp3) is 0.400. The van der Waals surface area contributed by atoms with E-state index in [9.17, 15) is 4.79 Å². The topological polar surface area (TPSA) is 43.6 Å². The predicted octanol–water partition coefficient (Wildman–Crippen LogP) is 2.06. The molecule has 0 unspecified atom stereocenters. The Kier molecular flexibility index (Phi) is 1.82. The molecule has 3 rings (SSSR count). The van der Waals surface area contributed by atoms with Gasteiger partial charge in [0.2, 0.25) is 0 Å². The molecule has 0 atom stereocenters. The van der Waals surface area contributed by atoms with E-state index in [1.54, 1.807) is 6.20 Å². The third-order valence-corrected chi connectivity index (χ3v) is 3.53. The minimum atomic E-state index is -0.293. The Labute approximate surface area is 90.5 Å². The first-order valence-corrected chi connectivity index (χ1v) is 5.66. The van der Waals surface area contributed by atoms with Gasteiger partial charge in [-0.1, -0.05) is 11.3 Å². The van der Waals surface area contributed by atoms with Crippen LogP contribution < -0.4 is 0 Å². The Morgan fingerprint density at radius 2 is 2.40 bits per heavy atom. The van der Waals surface area contributed by atoms with Gasteiger partial charge in [0.15, 0.2) is 4.96 Å². The summed E-state index contributed by atoms with van der Waals surface area (Å²) in [7, 11) is 1.39. The summed E-state index contributed by atoms with van der Waals surface area (Å²) < 4.78 is 6.56. The first kappa shape index (κ1) is 8.91. The van der Waals surface area contributed by atoms with Gasteiger partial charge in [-0.2, -0.15) is 0 Å². The number of esters is 1. The molecule has 0 N–H and O–H groups in total. The van der Waals surface area contributed by atoms with Crippen molar-refractivity contribution >= 4 is 22.3 Å². The molecule has 78 valence electrons. The van der Waals surface area contributed by atoms with Crippen LogP contribution in [0.4, 0.5) is 0 Å². The van der Waals surface area contributed by atoms with E-state index in [1.165, 1.54) is 31.3 Å². The molecule has 15 heavy (non-hydrogen) atoms. The molecule has 1 aliphatic rings. The number of imidazole rings is 1. The Balaban J connectivity index is 2.01. The number of aromatic nitrogens is 2. The van der Waals surface area contributed by atoms with Crippen molar-refractivity contribution in [2.24, 2.45) is 0 Å². The molecule has 0 amide bonds. The van der Waals surface area contributed by atoms with E-state index in [-0.39, 0.29) is 5.97 Å². The van der Waals surface area contributed by atoms with Gasteiger partial charge < -0.3 is 4.74 Å². The highest BCUT2D eigenvalue weighted by Crippen LogP contribution is 2.39. The summed E-state index contributed by atoms with van der Waals surface area (Å²) in [6.07, 6.45) is 6.28. The molecule has 2 aromatic rings. The number of thiazole rings is 1. The Hall–Kier alpha value is -1.36. The van der Waals surface area contributed by atoms with E-state index in [4.69, 9.17) is 0 Å². The fourth-order valence-electron chi connectivity index (χ4n) is 1.58. The summed E-state index contributed by atoms with van der Waals surface area (Å²) >= 11 is 1.37. The Morgan fingerprint density at radius 1 is 1.60 bits per heavy atom. The second-order valence-electron chi connectivity index (χ2n) is 3.72. The van der Waals surface area contributed by atoms with Gasteiger partial charge in [0, 0.05) is 18.3 Å². The van der Waals surface area contributed by atoms with Gasteiger partial charge in [-0.15, -0.1) is 0 Å². The molecular weight excluding hydrogens is 212 g/mol. The lowest BCUT2D eigenvalue weighted by atomic mass is 10.3. The number of ether oxygens (including phenoxy) is 1. The Bertz CT molecular complexity index is 493. The molecule has 0 aliphatic heterocycles. The average Bonchev–Trinajstić information content (AvgIpc) is 2.89. The molecule has 1 saturated carbocycles. The number of nitrogens with zero attached hydrogens (tertiary/aromatic N) is 2. The second kappa shape index (κ2) is 3.06. The van der Waals surface area contributed by atoms with Gasteiger partial charge in [0.25, 0.3) is 0 Å². The largest absolute Gasteiger partial charge is 0.465 e. The summed E-state index contributed by atoms with van der Waals surface area (Å²) in [6.45, 7) is 0. The van der Waals surface area contributed by atoms with Crippen LogP contribution in [0.5, 0.6) is 0 Å². The number of carbonyl (C=O) groups excluding carboxylic acids is 1. The summed E-state index contributed by atoms with van der Waals surface area (Å²) in [6, 6.07) is 0. The standard InChI is InChI=1S/C10H10N2O2S/c1-14-9(13)8-5-12-4-7(6-2-3-6)11-10(12)15-8/h4-6H,2-3H2,1H3. The van der Waals surface area contributed by atoms with Crippen LogP contribution >= 0.6 is 11.3 Å². The van der Waals surface area contributed by atoms with Crippen molar-refractivity contribution in [1.82, 2.24) is 9.38 Å². The van der Waals surface area contributed by atoms with Gasteiger partial charge >= 0.3 is 5.97 Å². The van der Waals surface area contributed by atoms with Gasteiger partial charge in [-0.25, -0.2) is 9.78 Å². The monoisotopic (exact) mass is 222 g/mol. The van der Waals surface area contributed by atoms with E-state index < -0.39 is 0 Å². The van der Waals surface area contributed by atoms with E-state index in [0.29, 0.717) is 10.8 Å². The summed E-state index contributed by atoms with van der Waals surface area (Å²) in [4.78, 5) is 17.2. The molecule has 2 aromatic heterocycles. The van der Waals surface area contributed by atoms with E-state index in [2.05, 4.69) is 9.72 Å². The van der Waals surface area contributed by atoms with Crippen molar-refractivity contribution in [3.05, 3.63) is 23.0 Å². The van der Waals surface area contributed by atoms with Crippen molar-refractivity contribution in [1.29, 1.82) is 0 Å². The molecule has 1 aliphatic carbocycles. The molecule has 0 aromatic carbocycles. The van der Waals surface area contributed by atoms with Crippen LogP contribution in [0.25, 0.3) is 4.96 Å². The maximum atomic E-state index is 11.3. The van der Waals surface area contributed by atoms with Gasteiger partial charge in [0.05, 0.1) is 12.8 Å². The molecule has 0 saturated heterocycles. The summed E-state index contributed by atoms with van der Waals surface area (Å²) in [5.74, 6) is 0.358. The zero-order valence-electron chi connectivity index (χ0n) is 8.27. The summed E-state index contributed by atoms with van der Waals surface area (Å²) in [5, 5.41) is 0. The fourth-order valence-corrected chi connectivity index (χ4v) is 2.48.